The summed E-state index contributed by atoms with van der Waals surface area (Å²) in [7, 11) is 0. The maximum atomic E-state index is 4.47. The van der Waals surface area contributed by atoms with Gasteiger partial charge in [-0.3, -0.25) is 5.10 Å². The molecule has 0 amide bonds. The van der Waals surface area contributed by atoms with E-state index in [2.05, 4.69) is 31.1 Å². The molecule has 6 heteroatoms. The lowest BCUT2D eigenvalue weighted by Crippen LogP contribution is -1.75. The fourth-order valence-corrected chi connectivity index (χ4v) is 3.14. The van der Waals surface area contributed by atoms with Gasteiger partial charge in [-0.2, -0.15) is 5.10 Å². The number of thiophene rings is 2. The number of H-pyrrole nitrogens is 1. The Bertz CT molecular complexity index is 597. The molecular formula is C10H6BrN3S2. The number of halogens is 1. The lowest BCUT2D eigenvalue weighted by molar-refractivity contribution is 1.10. The molecule has 0 unspecified atom stereocenters. The van der Waals surface area contributed by atoms with Crippen molar-refractivity contribution in [3.8, 4) is 22.1 Å². The number of hydrogen-bond acceptors (Lipinski definition) is 4. The van der Waals surface area contributed by atoms with Gasteiger partial charge < -0.3 is 0 Å². The van der Waals surface area contributed by atoms with Gasteiger partial charge in [0.2, 0.25) is 0 Å². The van der Waals surface area contributed by atoms with E-state index in [-0.39, 0.29) is 0 Å². The van der Waals surface area contributed by atoms with E-state index >= 15 is 0 Å². The molecule has 0 saturated heterocycles. The number of nitrogens with one attached hydrogen (secondary N) is 1. The Morgan fingerprint density at radius 1 is 1.31 bits per heavy atom. The van der Waals surface area contributed by atoms with E-state index < -0.39 is 0 Å². The van der Waals surface area contributed by atoms with Crippen LogP contribution in [-0.4, -0.2) is 15.2 Å². The first-order valence-corrected chi connectivity index (χ1v) is 7.09. The Labute approximate surface area is 108 Å². The van der Waals surface area contributed by atoms with Crippen molar-refractivity contribution in [1.29, 1.82) is 0 Å². The zero-order valence-corrected chi connectivity index (χ0v) is 11.2. The topological polar surface area (TPSA) is 41.6 Å². The molecule has 0 bridgehead atoms. The molecule has 16 heavy (non-hydrogen) atoms. The molecule has 0 aromatic carbocycles. The highest BCUT2D eigenvalue weighted by molar-refractivity contribution is 9.11. The highest BCUT2D eigenvalue weighted by atomic mass is 79.9. The van der Waals surface area contributed by atoms with Crippen LogP contribution in [0, 0.1) is 0 Å². The van der Waals surface area contributed by atoms with E-state index in [9.17, 15) is 0 Å². The van der Waals surface area contributed by atoms with E-state index in [1.165, 1.54) is 0 Å². The lowest BCUT2D eigenvalue weighted by atomic mass is 10.3. The first kappa shape index (κ1) is 10.2. The molecule has 0 fully saturated rings. The van der Waals surface area contributed by atoms with Crippen LogP contribution < -0.4 is 0 Å². The first-order chi connectivity index (χ1) is 7.83. The summed E-state index contributed by atoms with van der Waals surface area (Å²) in [6.45, 7) is 0. The monoisotopic (exact) mass is 311 g/mol. The lowest BCUT2D eigenvalue weighted by Gasteiger charge is -1.86. The second-order valence-electron chi connectivity index (χ2n) is 3.12. The van der Waals surface area contributed by atoms with Crippen LogP contribution in [0.25, 0.3) is 22.1 Å². The van der Waals surface area contributed by atoms with Gasteiger partial charge in [0.1, 0.15) is 0 Å². The number of hydrogen-bond donors (Lipinski definition) is 1. The molecular weight excluding hydrogens is 306 g/mol. The highest BCUT2D eigenvalue weighted by Gasteiger charge is 2.09. The van der Waals surface area contributed by atoms with Crippen LogP contribution >= 0.6 is 38.6 Å². The predicted octanol–water partition coefficient (Wildman–Crippen LogP) is 4.02. The van der Waals surface area contributed by atoms with Crippen LogP contribution in [0.4, 0.5) is 0 Å². The van der Waals surface area contributed by atoms with Crippen molar-refractivity contribution >= 4 is 38.6 Å². The van der Waals surface area contributed by atoms with Crippen LogP contribution in [-0.2, 0) is 0 Å². The molecule has 3 rings (SSSR count). The van der Waals surface area contributed by atoms with Crippen LogP contribution in [0.15, 0.2) is 32.7 Å². The number of aromatic nitrogens is 3. The second kappa shape index (κ2) is 4.12. The molecule has 0 saturated carbocycles. The minimum Gasteiger partial charge on any atom is -0.258 e. The van der Waals surface area contributed by atoms with Gasteiger partial charge >= 0.3 is 0 Å². The Kier molecular flexibility index (Phi) is 2.62. The summed E-state index contributed by atoms with van der Waals surface area (Å²) in [5, 5.41) is 11.2. The number of nitrogens with zero attached hydrogens (tertiary/aromatic N) is 2. The van der Waals surface area contributed by atoms with E-state index in [4.69, 9.17) is 0 Å². The fourth-order valence-electron chi connectivity index (χ4n) is 1.34. The van der Waals surface area contributed by atoms with Crippen molar-refractivity contribution in [3.05, 3.63) is 32.7 Å². The van der Waals surface area contributed by atoms with Crippen molar-refractivity contribution in [2.75, 3.05) is 0 Å². The summed E-state index contributed by atoms with van der Waals surface area (Å²) in [6.07, 6.45) is 0. The molecule has 0 radical (unpaired) electrons. The molecule has 0 spiro atoms. The van der Waals surface area contributed by atoms with E-state index in [1.54, 1.807) is 22.7 Å². The molecule has 3 aromatic rings. The van der Waals surface area contributed by atoms with Crippen molar-refractivity contribution in [1.82, 2.24) is 15.2 Å². The highest BCUT2D eigenvalue weighted by Crippen LogP contribution is 2.28. The van der Waals surface area contributed by atoms with Crippen molar-refractivity contribution < 1.29 is 0 Å². The minimum absolute atomic E-state index is 0.741. The van der Waals surface area contributed by atoms with Crippen LogP contribution in [0.5, 0.6) is 0 Å². The minimum atomic E-state index is 0.741. The maximum Gasteiger partial charge on any atom is 0.182 e. The van der Waals surface area contributed by atoms with Crippen LogP contribution in [0.2, 0.25) is 0 Å². The SMILES string of the molecule is Brc1cc(-c2n[nH]c(-c3cccs3)n2)cs1. The van der Waals surface area contributed by atoms with Gasteiger partial charge in [0, 0.05) is 10.9 Å². The Balaban J connectivity index is 2.00. The van der Waals surface area contributed by atoms with Gasteiger partial charge in [-0.1, -0.05) is 6.07 Å². The number of rotatable bonds is 2. The normalized spacial score (nSPS) is 10.8. The predicted molar refractivity (Wildman–Crippen MR) is 70.7 cm³/mol. The summed E-state index contributed by atoms with van der Waals surface area (Å²) >= 11 is 6.71. The molecule has 0 aliphatic carbocycles. The molecule has 3 nitrogen and oxygen atoms in total. The molecule has 0 aliphatic rings. The standard InChI is InChI=1S/C10H6BrN3S2/c11-8-4-6(5-16-8)9-12-10(14-13-9)7-2-1-3-15-7/h1-5H,(H,12,13,14). The largest absolute Gasteiger partial charge is 0.258 e. The average Bonchev–Trinajstić information content (AvgIpc) is 2.97. The molecule has 3 aromatic heterocycles. The fraction of sp³-hybridized carbons (Fsp3) is 0. The molecule has 1 N–H and O–H groups in total. The van der Waals surface area contributed by atoms with Gasteiger partial charge in [-0.05, 0) is 33.4 Å². The number of aromatic amines is 1. The van der Waals surface area contributed by atoms with E-state index in [0.29, 0.717) is 0 Å². The maximum absolute atomic E-state index is 4.47. The Morgan fingerprint density at radius 3 is 2.94 bits per heavy atom. The van der Waals surface area contributed by atoms with Crippen molar-refractivity contribution in [3.63, 3.8) is 0 Å². The van der Waals surface area contributed by atoms with Gasteiger partial charge in [-0.25, -0.2) is 4.98 Å². The molecule has 0 atom stereocenters. The van der Waals surface area contributed by atoms with Crippen molar-refractivity contribution in [2.24, 2.45) is 0 Å². The quantitative estimate of drug-likeness (QED) is 0.776. The third kappa shape index (κ3) is 1.83. The third-order valence-electron chi connectivity index (χ3n) is 2.07. The third-order valence-corrected chi connectivity index (χ3v) is 4.45. The van der Waals surface area contributed by atoms with Gasteiger partial charge in [0.05, 0.1) is 8.66 Å². The zero-order valence-electron chi connectivity index (χ0n) is 7.98. The first-order valence-electron chi connectivity index (χ1n) is 4.53. The molecule has 0 aliphatic heterocycles. The summed E-state index contributed by atoms with van der Waals surface area (Å²) in [5.74, 6) is 1.57. The summed E-state index contributed by atoms with van der Waals surface area (Å²) in [5.41, 5.74) is 1.04. The summed E-state index contributed by atoms with van der Waals surface area (Å²) in [6, 6.07) is 6.05. The Hall–Kier alpha value is -0.980. The summed E-state index contributed by atoms with van der Waals surface area (Å²) in [4.78, 5) is 5.57. The van der Waals surface area contributed by atoms with Gasteiger partial charge in [-0.15, -0.1) is 22.7 Å². The molecule has 80 valence electrons. The zero-order chi connectivity index (χ0) is 11.0. The van der Waals surface area contributed by atoms with Crippen LogP contribution in [0.3, 0.4) is 0 Å². The van der Waals surface area contributed by atoms with Gasteiger partial charge in [0.25, 0.3) is 0 Å². The molecule has 3 heterocycles. The van der Waals surface area contributed by atoms with Crippen molar-refractivity contribution in [2.45, 2.75) is 0 Å². The van der Waals surface area contributed by atoms with E-state index in [0.717, 1.165) is 25.9 Å². The summed E-state index contributed by atoms with van der Waals surface area (Å²) < 4.78 is 1.09. The smallest absolute Gasteiger partial charge is 0.182 e. The Morgan fingerprint density at radius 2 is 2.25 bits per heavy atom. The average molecular weight is 312 g/mol. The second-order valence-corrected chi connectivity index (χ2v) is 6.36. The van der Waals surface area contributed by atoms with Crippen LogP contribution in [0.1, 0.15) is 0 Å². The van der Waals surface area contributed by atoms with E-state index in [1.807, 2.05) is 29.0 Å². The van der Waals surface area contributed by atoms with Gasteiger partial charge in [0.15, 0.2) is 11.6 Å².